The van der Waals surface area contributed by atoms with Crippen molar-refractivity contribution in [3.05, 3.63) is 34.9 Å². The van der Waals surface area contributed by atoms with Gasteiger partial charge < -0.3 is 0 Å². The molecule has 2 rings (SSSR count). The number of carbonyl (C=O) groups excluding carboxylic acids is 6. The minimum atomic E-state index is -5.27. The molecule has 0 N–H and O–H groups in total. The van der Waals surface area contributed by atoms with Crippen molar-refractivity contribution in [2.45, 2.75) is 204 Å². The van der Waals surface area contributed by atoms with Crippen molar-refractivity contribution in [3.63, 3.8) is 0 Å². The van der Waals surface area contributed by atoms with E-state index < -0.39 is 75.1 Å². The zero-order chi connectivity index (χ0) is 42.7. The van der Waals surface area contributed by atoms with E-state index >= 15 is 0 Å². The van der Waals surface area contributed by atoms with Crippen LogP contribution in [-0.2, 0) is 47.2 Å². The molecule has 0 radical (unpaired) electrons. The molecule has 2 aliphatic heterocycles. The summed E-state index contributed by atoms with van der Waals surface area (Å²) >= 11 is -10.5. The molecule has 2 unspecified atom stereocenters. The molecule has 14 heteroatoms. The Bertz CT molecular complexity index is 1420. The monoisotopic (exact) mass is 1030 g/mol. The summed E-state index contributed by atoms with van der Waals surface area (Å²) in [7, 11) is 0. The SMILES string of the molecule is CCCCCCCCC1=CC(=O)[O][Sn]([CH2]CCC)([O]C(=O)/C=C(/CCCCCCCC)C(=O)[O][Sn]2([CH2]CCC)[O]C(=O)C=C(CCCCCCCC)C(=O)[O]2)[O]C1=O. The molecule has 0 amide bonds. The first-order chi connectivity index (χ1) is 28.0. The van der Waals surface area contributed by atoms with Crippen LogP contribution in [0.2, 0.25) is 8.87 Å². The Balaban J connectivity index is 2.34. The molecule has 0 aromatic carbocycles. The van der Waals surface area contributed by atoms with Crippen molar-refractivity contribution in [1.82, 2.24) is 0 Å². The van der Waals surface area contributed by atoms with Gasteiger partial charge in [-0.2, -0.15) is 0 Å². The summed E-state index contributed by atoms with van der Waals surface area (Å²) in [4.78, 5) is 81.0. The third kappa shape index (κ3) is 20.3. The minimum absolute atomic E-state index is 0.0604. The number of carbonyl (C=O) groups is 6. The van der Waals surface area contributed by atoms with Crippen molar-refractivity contribution >= 4 is 75.1 Å². The maximum atomic E-state index is 14.1. The molecule has 58 heavy (non-hydrogen) atoms. The number of rotatable bonds is 31. The number of hydrogen-bond acceptors (Lipinski definition) is 12. The number of unbranched alkanes of at least 4 members (excludes halogenated alkanes) is 17. The first kappa shape index (κ1) is 51.8. The topological polar surface area (TPSA) is 158 Å². The van der Waals surface area contributed by atoms with Gasteiger partial charge in [-0.3, -0.25) is 0 Å². The van der Waals surface area contributed by atoms with E-state index in [2.05, 4.69) is 20.8 Å². The van der Waals surface area contributed by atoms with Crippen LogP contribution in [0.4, 0.5) is 0 Å². The van der Waals surface area contributed by atoms with Crippen molar-refractivity contribution in [2.75, 3.05) is 0 Å². The van der Waals surface area contributed by atoms with Gasteiger partial charge in [-0.15, -0.1) is 0 Å². The molecular weight excluding hydrogens is 958 g/mol. The Morgan fingerprint density at radius 2 is 0.879 bits per heavy atom. The molecule has 0 aliphatic carbocycles. The molecular formula is C44H72O12Sn2. The molecule has 0 fully saturated rings. The Kier molecular flexibility index (Phi) is 26.6. The van der Waals surface area contributed by atoms with Crippen LogP contribution in [0.1, 0.15) is 195 Å². The fourth-order valence-electron chi connectivity index (χ4n) is 6.80. The summed E-state index contributed by atoms with van der Waals surface area (Å²) in [6.45, 7) is 10.2. The van der Waals surface area contributed by atoms with Crippen LogP contribution in [0.5, 0.6) is 0 Å². The Morgan fingerprint density at radius 1 is 0.500 bits per heavy atom. The zero-order valence-corrected chi connectivity index (χ0v) is 41.9. The Hall–Kier alpha value is -2.36. The van der Waals surface area contributed by atoms with Crippen LogP contribution >= 0.6 is 0 Å². The van der Waals surface area contributed by atoms with Gasteiger partial charge in [0.1, 0.15) is 0 Å². The molecule has 0 aromatic heterocycles. The third-order valence-electron chi connectivity index (χ3n) is 10.2. The predicted octanol–water partition coefficient (Wildman–Crippen LogP) is 10.8. The predicted molar refractivity (Wildman–Crippen MR) is 226 cm³/mol. The van der Waals surface area contributed by atoms with E-state index in [0.29, 0.717) is 57.8 Å². The molecule has 2 aliphatic rings. The van der Waals surface area contributed by atoms with Crippen LogP contribution in [0, 0.1) is 0 Å². The summed E-state index contributed by atoms with van der Waals surface area (Å²) in [6, 6.07) is 0. The molecule has 0 bridgehead atoms. The second kappa shape index (κ2) is 29.8. The quantitative estimate of drug-likeness (QED) is 0.0368. The Labute approximate surface area is 359 Å². The van der Waals surface area contributed by atoms with Crippen LogP contribution in [0.25, 0.3) is 0 Å². The first-order valence-corrected chi connectivity index (χ1v) is 33.5. The van der Waals surface area contributed by atoms with E-state index in [1.54, 1.807) is 0 Å². The van der Waals surface area contributed by atoms with Gasteiger partial charge in [0.05, 0.1) is 0 Å². The van der Waals surface area contributed by atoms with E-state index in [9.17, 15) is 28.8 Å². The zero-order valence-electron chi connectivity index (χ0n) is 36.2. The van der Waals surface area contributed by atoms with Gasteiger partial charge in [0, 0.05) is 0 Å². The van der Waals surface area contributed by atoms with Crippen molar-refractivity contribution in [1.29, 1.82) is 0 Å². The summed E-state index contributed by atoms with van der Waals surface area (Å²) in [6.07, 6.45) is 23.8. The van der Waals surface area contributed by atoms with Gasteiger partial charge >= 0.3 is 361 Å². The molecule has 0 saturated carbocycles. The van der Waals surface area contributed by atoms with Gasteiger partial charge in [-0.05, 0) is 0 Å². The van der Waals surface area contributed by atoms with E-state index in [1.807, 2.05) is 13.8 Å². The summed E-state index contributed by atoms with van der Waals surface area (Å²) in [5.41, 5.74) is 0.325. The van der Waals surface area contributed by atoms with Gasteiger partial charge in [0.2, 0.25) is 0 Å². The van der Waals surface area contributed by atoms with Gasteiger partial charge in [0.15, 0.2) is 0 Å². The van der Waals surface area contributed by atoms with E-state index in [-0.39, 0.29) is 32.0 Å². The van der Waals surface area contributed by atoms with Gasteiger partial charge in [-0.25, -0.2) is 0 Å². The standard InChI is InChI=1S/3C12H20O4.2C4H9.2Sn/c3*1-2-3-4-5-6-7-8-10(12(15)16)9-11(13)14;2*1-3-4-2;;/h3*9H,2-8H2,1H3,(H,13,14)(H,15,16);2*1,3-4H2,2H3;;/q;;;;;2*+3/p-6/b10-9-;;;;;;. The van der Waals surface area contributed by atoms with Gasteiger partial charge in [-0.1, -0.05) is 0 Å². The summed E-state index contributed by atoms with van der Waals surface area (Å²) in [5, 5.41) is 0. The number of hydrogen-bond donors (Lipinski definition) is 0. The molecule has 0 aromatic rings. The maximum absolute atomic E-state index is 14.1. The summed E-state index contributed by atoms with van der Waals surface area (Å²) in [5.74, 6) is -4.93. The molecule has 12 nitrogen and oxygen atoms in total. The fraction of sp³-hybridized carbons (Fsp3) is 0.727. The molecule has 0 saturated heterocycles. The van der Waals surface area contributed by atoms with Crippen molar-refractivity contribution in [2.24, 2.45) is 0 Å². The fourth-order valence-corrected chi connectivity index (χ4v) is 20.4. The van der Waals surface area contributed by atoms with Crippen molar-refractivity contribution < 1.29 is 47.2 Å². The molecule has 328 valence electrons. The van der Waals surface area contributed by atoms with Gasteiger partial charge in [0.25, 0.3) is 0 Å². The second-order valence-electron chi connectivity index (χ2n) is 15.6. The van der Waals surface area contributed by atoms with E-state index in [4.69, 9.17) is 18.4 Å². The average molecular weight is 1030 g/mol. The van der Waals surface area contributed by atoms with E-state index in [0.717, 1.165) is 115 Å². The average Bonchev–Trinajstić information content (AvgIpc) is 3.37. The van der Waals surface area contributed by atoms with Crippen LogP contribution < -0.4 is 0 Å². The second-order valence-corrected chi connectivity index (χ2v) is 29.7. The molecule has 0 spiro atoms. The third-order valence-corrected chi connectivity index (χ3v) is 24.4. The normalized spacial score (nSPS) is 19.8. The van der Waals surface area contributed by atoms with Crippen LogP contribution in [-0.4, -0.2) is 75.1 Å². The summed E-state index contributed by atoms with van der Waals surface area (Å²) < 4.78 is 35.4. The van der Waals surface area contributed by atoms with E-state index in [1.165, 1.54) is 0 Å². The first-order valence-electron chi connectivity index (χ1n) is 22.5. The molecule has 2 heterocycles. The van der Waals surface area contributed by atoms with Crippen molar-refractivity contribution in [3.8, 4) is 0 Å². The van der Waals surface area contributed by atoms with Crippen LogP contribution in [0.15, 0.2) is 34.9 Å². The Morgan fingerprint density at radius 3 is 1.31 bits per heavy atom. The van der Waals surface area contributed by atoms with Crippen LogP contribution in [0.3, 0.4) is 0 Å². The molecule has 2 atom stereocenters.